The van der Waals surface area contributed by atoms with Crippen LogP contribution in [-0.4, -0.2) is 21.3 Å². The second-order valence-corrected chi connectivity index (χ2v) is 3.73. The summed E-state index contributed by atoms with van der Waals surface area (Å²) in [7, 11) is 0. The van der Waals surface area contributed by atoms with Gasteiger partial charge in [0.15, 0.2) is 11.5 Å². The van der Waals surface area contributed by atoms with E-state index in [9.17, 15) is 9.90 Å². The fourth-order valence-corrected chi connectivity index (χ4v) is 1.39. The van der Waals surface area contributed by atoms with Gasteiger partial charge in [0.2, 0.25) is 0 Å². The van der Waals surface area contributed by atoms with Crippen LogP contribution in [0.2, 0.25) is 0 Å². The number of hydrogen-bond donors (Lipinski definition) is 3. The number of phenolic OH excluding ortho intramolecular Hbond substituents is 2. The zero-order chi connectivity index (χ0) is 13.8. The van der Waals surface area contributed by atoms with Crippen LogP contribution in [0.4, 0.5) is 11.4 Å². The number of carboxylic acid groups (broad SMARTS) is 1. The second kappa shape index (κ2) is 5.18. The highest BCUT2D eigenvalue weighted by molar-refractivity contribution is 5.88. The lowest BCUT2D eigenvalue weighted by Gasteiger charge is -1.98. The molecule has 0 aliphatic heterocycles. The molecule has 2 rings (SSSR count). The molecule has 6 nitrogen and oxygen atoms in total. The standard InChI is InChI=1S/C13H10N2O4/c16-11-5-4-10(7-12(11)17)15-14-9-3-1-2-8(6-9)13(18)19/h1-7,16-17H,(H,18,19). The lowest BCUT2D eigenvalue weighted by molar-refractivity contribution is 0.0697. The third-order valence-corrected chi connectivity index (χ3v) is 2.33. The Morgan fingerprint density at radius 3 is 2.21 bits per heavy atom. The summed E-state index contributed by atoms with van der Waals surface area (Å²) < 4.78 is 0. The van der Waals surface area contributed by atoms with E-state index in [1.807, 2.05) is 0 Å². The van der Waals surface area contributed by atoms with Crippen LogP contribution in [0.1, 0.15) is 10.4 Å². The number of phenols is 2. The first kappa shape index (κ1) is 12.6. The van der Waals surface area contributed by atoms with Crippen LogP contribution in [-0.2, 0) is 0 Å². The van der Waals surface area contributed by atoms with Gasteiger partial charge in [0, 0.05) is 6.07 Å². The van der Waals surface area contributed by atoms with Gasteiger partial charge in [0.05, 0.1) is 16.9 Å². The maximum atomic E-state index is 10.8. The number of azo groups is 1. The van der Waals surface area contributed by atoms with E-state index < -0.39 is 5.97 Å². The van der Waals surface area contributed by atoms with Crippen LogP contribution in [0.25, 0.3) is 0 Å². The van der Waals surface area contributed by atoms with Crippen molar-refractivity contribution in [3.63, 3.8) is 0 Å². The lowest BCUT2D eigenvalue weighted by atomic mass is 10.2. The first-order valence-electron chi connectivity index (χ1n) is 5.33. The Bertz CT molecular complexity index is 653. The molecule has 3 N–H and O–H groups in total. The first-order chi connectivity index (χ1) is 9.06. The molecule has 0 unspecified atom stereocenters. The topological polar surface area (TPSA) is 102 Å². The van der Waals surface area contributed by atoms with Crippen molar-refractivity contribution in [1.82, 2.24) is 0 Å². The summed E-state index contributed by atoms with van der Waals surface area (Å²) in [6, 6.07) is 10.0. The van der Waals surface area contributed by atoms with Crippen molar-refractivity contribution >= 4 is 17.3 Å². The molecule has 0 aromatic heterocycles. The summed E-state index contributed by atoms with van der Waals surface area (Å²) in [6.07, 6.45) is 0. The molecule has 0 heterocycles. The van der Waals surface area contributed by atoms with Crippen LogP contribution in [0.5, 0.6) is 11.5 Å². The Morgan fingerprint density at radius 2 is 1.58 bits per heavy atom. The summed E-state index contributed by atoms with van der Waals surface area (Å²) in [5.41, 5.74) is 0.841. The molecule has 0 amide bonds. The van der Waals surface area contributed by atoms with E-state index in [2.05, 4.69) is 10.2 Å². The fraction of sp³-hybridized carbons (Fsp3) is 0. The second-order valence-electron chi connectivity index (χ2n) is 3.73. The van der Waals surface area contributed by atoms with Crippen molar-refractivity contribution in [1.29, 1.82) is 0 Å². The molecule has 6 heteroatoms. The highest BCUT2D eigenvalue weighted by Crippen LogP contribution is 2.29. The molecule has 96 valence electrons. The normalized spacial score (nSPS) is 10.7. The number of hydrogen-bond acceptors (Lipinski definition) is 5. The molecule has 0 saturated carbocycles. The predicted octanol–water partition coefficient (Wildman–Crippen LogP) is 3.21. The van der Waals surface area contributed by atoms with Crippen LogP contribution in [0, 0.1) is 0 Å². The first-order valence-corrected chi connectivity index (χ1v) is 5.33. The molecule has 0 atom stereocenters. The molecule has 0 fully saturated rings. The Kier molecular flexibility index (Phi) is 3.42. The number of aromatic hydroxyl groups is 2. The van der Waals surface area contributed by atoms with Gasteiger partial charge >= 0.3 is 5.97 Å². The van der Waals surface area contributed by atoms with E-state index in [-0.39, 0.29) is 17.1 Å². The van der Waals surface area contributed by atoms with E-state index in [0.29, 0.717) is 11.4 Å². The van der Waals surface area contributed by atoms with Crippen molar-refractivity contribution in [2.24, 2.45) is 10.2 Å². The quantitative estimate of drug-likeness (QED) is 0.581. The largest absolute Gasteiger partial charge is 0.504 e. The van der Waals surface area contributed by atoms with E-state index in [1.165, 1.54) is 30.3 Å². The minimum Gasteiger partial charge on any atom is -0.504 e. The summed E-state index contributed by atoms with van der Waals surface area (Å²) in [4.78, 5) is 10.8. The number of nitrogens with zero attached hydrogens (tertiary/aromatic N) is 2. The Balaban J connectivity index is 2.24. The maximum absolute atomic E-state index is 10.8. The van der Waals surface area contributed by atoms with Gasteiger partial charge < -0.3 is 15.3 Å². The van der Waals surface area contributed by atoms with Crippen molar-refractivity contribution in [3.05, 3.63) is 48.0 Å². The van der Waals surface area contributed by atoms with Gasteiger partial charge in [-0.25, -0.2) is 4.79 Å². The van der Waals surface area contributed by atoms with Crippen LogP contribution in [0.3, 0.4) is 0 Å². The molecule has 0 spiro atoms. The highest BCUT2D eigenvalue weighted by Gasteiger charge is 2.03. The summed E-state index contributed by atoms with van der Waals surface area (Å²) >= 11 is 0. The number of carbonyl (C=O) groups is 1. The van der Waals surface area contributed by atoms with Gasteiger partial charge in [0.25, 0.3) is 0 Å². The van der Waals surface area contributed by atoms with Gasteiger partial charge in [-0.15, -0.1) is 0 Å². The molecule has 0 aliphatic carbocycles. The molecule has 0 bridgehead atoms. The average molecular weight is 258 g/mol. The monoisotopic (exact) mass is 258 g/mol. The van der Waals surface area contributed by atoms with E-state index in [1.54, 1.807) is 12.1 Å². The minimum atomic E-state index is -1.04. The van der Waals surface area contributed by atoms with Gasteiger partial charge in [-0.1, -0.05) is 6.07 Å². The fourth-order valence-electron chi connectivity index (χ4n) is 1.39. The summed E-state index contributed by atoms with van der Waals surface area (Å²) in [5.74, 6) is -1.58. The number of benzene rings is 2. The molecule has 0 aliphatic rings. The number of rotatable bonds is 3. The lowest BCUT2D eigenvalue weighted by Crippen LogP contribution is -1.94. The number of carboxylic acids is 1. The third kappa shape index (κ3) is 3.06. The maximum Gasteiger partial charge on any atom is 0.335 e. The van der Waals surface area contributed by atoms with Gasteiger partial charge in [0.1, 0.15) is 0 Å². The summed E-state index contributed by atoms with van der Waals surface area (Å²) in [5, 5.41) is 35.0. The Labute approximate surface area is 108 Å². The van der Waals surface area contributed by atoms with E-state index in [0.717, 1.165) is 0 Å². The molecule has 19 heavy (non-hydrogen) atoms. The highest BCUT2D eigenvalue weighted by atomic mass is 16.4. The average Bonchev–Trinajstić information content (AvgIpc) is 2.40. The van der Waals surface area contributed by atoms with Crippen molar-refractivity contribution < 1.29 is 20.1 Å². The number of aromatic carboxylic acids is 1. The minimum absolute atomic E-state index is 0.116. The molecule has 2 aromatic carbocycles. The molecule has 2 aromatic rings. The zero-order valence-electron chi connectivity index (χ0n) is 9.69. The molecule has 0 radical (unpaired) electrons. The van der Waals surface area contributed by atoms with Crippen molar-refractivity contribution in [2.45, 2.75) is 0 Å². The van der Waals surface area contributed by atoms with E-state index in [4.69, 9.17) is 10.2 Å². The van der Waals surface area contributed by atoms with E-state index >= 15 is 0 Å². The van der Waals surface area contributed by atoms with Crippen molar-refractivity contribution in [2.75, 3.05) is 0 Å². The molecular weight excluding hydrogens is 248 g/mol. The zero-order valence-corrected chi connectivity index (χ0v) is 9.69. The molecule has 0 saturated heterocycles. The van der Waals surface area contributed by atoms with Crippen LogP contribution < -0.4 is 0 Å². The Morgan fingerprint density at radius 1 is 0.895 bits per heavy atom. The summed E-state index contributed by atoms with van der Waals surface area (Å²) in [6.45, 7) is 0. The van der Waals surface area contributed by atoms with Gasteiger partial charge in [-0.2, -0.15) is 10.2 Å². The van der Waals surface area contributed by atoms with Gasteiger partial charge in [-0.3, -0.25) is 0 Å². The van der Waals surface area contributed by atoms with Crippen molar-refractivity contribution in [3.8, 4) is 11.5 Å². The van der Waals surface area contributed by atoms with Gasteiger partial charge in [-0.05, 0) is 30.3 Å². The van der Waals surface area contributed by atoms with Crippen LogP contribution >= 0.6 is 0 Å². The SMILES string of the molecule is O=C(O)c1cccc(N=Nc2ccc(O)c(O)c2)c1. The smallest absolute Gasteiger partial charge is 0.335 e. The Hall–Kier alpha value is -2.89. The molecular formula is C13H10N2O4. The third-order valence-electron chi connectivity index (χ3n) is 2.33. The van der Waals surface area contributed by atoms with Crippen LogP contribution in [0.15, 0.2) is 52.7 Å². The predicted molar refractivity (Wildman–Crippen MR) is 67.3 cm³/mol.